The highest BCUT2D eigenvalue weighted by atomic mass is 32.2. The van der Waals surface area contributed by atoms with E-state index in [0.29, 0.717) is 12.4 Å². The Balaban J connectivity index is 1.60. The second-order valence-electron chi connectivity index (χ2n) is 5.35. The number of ether oxygens (including phenoxy) is 1. The molecule has 2 aromatic rings. The third-order valence-corrected chi connectivity index (χ3v) is 4.92. The number of hydrogen-bond acceptors (Lipinski definition) is 3. The van der Waals surface area contributed by atoms with Gasteiger partial charge in [0, 0.05) is 16.9 Å². The lowest BCUT2D eigenvalue weighted by Gasteiger charge is -2.26. The topological polar surface area (TPSA) is 38.3 Å². The van der Waals surface area contributed by atoms with E-state index in [1.807, 2.05) is 36.4 Å². The Morgan fingerprint density at radius 2 is 2.00 bits per heavy atom. The van der Waals surface area contributed by atoms with Gasteiger partial charge in [0.15, 0.2) is 0 Å². The van der Waals surface area contributed by atoms with E-state index < -0.39 is 0 Å². The molecule has 1 heterocycles. The maximum atomic E-state index is 12.2. The molecule has 1 N–H and O–H groups in total. The van der Waals surface area contributed by atoms with Gasteiger partial charge in [-0.05, 0) is 24.6 Å². The van der Waals surface area contributed by atoms with E-state index in [2.05, 4.69) is 24.4 Å². The van der Waals surface area contributed by atoms with E-state index in [0.717, 1.165) is 22.6 Å². The number of rotatable bonds is 4. The van der Waals surface area contributed by atoms with Crippen molar-refractivity contribution in [2.75, 3.05) is 12.4 Å². The summed E-state index contributed by atoms with van der Waals surface area (Å²) in [6, 6.07) is 16.1. The minimum atomic E-state index is 0.0509. The van der Waals surface area contributed by atoms with Crippen LogP contribution in [0.2, 0.25) is 0 Å². The van der Waals surface area contributed by atoms with Crippen molar-refractivity contribution in [2.24, 2.45) is 0 Å². The summed E-state index contributed by atoms with van der Waals surface area (Å²) in [6.07, 6.45) is 0.817. The fourth-order valence-corrected chi connectivity index (χ4v) is 3.43. The summed E-state index contributed by atoms with van der Waals surface area (Å²) in [7, 11) is 0. The van der Waals surface area contributed by atoms with Gasteiger partial charge in [-0.1, -0.05) is 36.4 Å². The van der Waals surface area contributed by atoms with E-state index in [1.165, 1.54) is 5.56 Å². The molecular weight excluding hydrogens is 294 g/mol. The summed E-state index contributed by atoms with van der Waals surface area (Å²) >= 11 is 1.58. The van der Waals surface area contributed by atoms with Crippen LogP contribution >= 0.6 is 11.8 Å². The second kappa shape index (κ2) is 6.88. The SMILES string of the molecule is Cc1ccccc1SCC(=O)N[C@@H]1CCOc2ccccc21. The maximum absolute atomic E-state index is 12.2. The van der Waals surface area contributed by atoms with E-state index in [4.69, 9.17) is 4.74 Å². The van der Waals surface area contributed by atoms with Crippen molar-refractivity contribution in [1.82, 2.24) is 5.32 Å². The summed E-state index contributed by atoms with van der Waals surface area (Å²) in [6.45, 7) is 2.71. The molecule has 4 heteroatoms. The van der Waals surface area contributed by atoms with Crippen LogP contribution in [0.5, 0.6) is 5.75 Å². The monoisotopic (exact) mass is 313 g/mol. The Bertz CT molecular complexity index is 672. The van der Waals surface area contributed by atoms with Crippen molar-refractivity contribution < 1.29 is 9.53 Å². The number of amides is 1. The average molecular weight is 313 g/mol. The van der Waals surface area contributed by atoms with E-state index >= 15 is 0 Å². The predicted octanol–water partition coefficient (Wildman–Crippen LogP) is 3.73. The van der Waals surface area contributed by atoms with E-state index in [1.54, 1.807) is 11.8 Å². The third kappa shape index (κ3) is 3.45. The molecule has 0 aliphatic carbocycles. The summed E-state index contributed by atoms with van der Waals surface area (Å²) < 4.78 is 5.62. The molecule has 114 valence electrons. The van der Waals surface area contributed by atoms with Gasteiger partial charge in [0.2, 0.25) is 5.91 Å². The van der Waals surface area contributed by atoms with Crippen LogP contribution in [0.4, 0.5) is 0 Å². The number of nitrogens with one attached hydrogen (secondary N) is 1. The first-order valence-corrected chi connectivity index (χ1v) is 8.42. The molecule has 1 aliphatic rings. The Labute approximate surface area is 135 Å². The number of para-hydroxylation sites is 1. The summed E-state index contributed by atoms with van der Waals surface area (Å²) in [5.41, 5.74) is 2.28. The van der Waals surface area contributed by atoms with Gasteiger partial charge in [0.1, 0.15) is 5.75 Å². The van der Waals surface area contributed by atoms with Crippen LogP contribution in [0, 0.1) is 6.92 Å². The molecule has 0 saturated carbocycles. The predicted molar refractivity (Wildman–Crippen MR) is 89.3 cm³/mol. The van der Waals surface area contributed by atoms with Gasteiger partial charge in [-0.2, -0.15) is 0 Å². The number of thioether (sulfide) groups is 1. The van der Waals surface area contributed by atoms with Crippen LogP contribution in [-0.4, -0.2) is 18.3 Å². The highest BCUT2D eigenvalue weighted by Crippen LogP contribution is 2.31. The molecule has 3 nitrogen and oxygen atoms in total. The molecule has 1 atom stereocenters. The molecule has 0 aromatic heterocycles. The zero-order chi connectivity index (χ0) is 15.4. The fraction of sp³-hybridized carbons (Fsp3) is 0.278. The Hall–Kier alpha value is -1.94. The van der Waals surface area contributed by atoms with Crippen molar-refractivity contribution in [3.05, 3.63) is 59.7 Å². The van der Waals surface area contributed by atoms with Gasteiger partial charge < -0.3 is 10.1 Å². The van der Waals surface area contributed by atoms with Crippen molar-refractivity contribution in [3.8, 4) is 5.75 Å². The van der Waals surface area contributed by atoms with Gasteiger partial charge in [0.25, 0.3) is 0 Å². The van der Waals surface area contributed by atoms with E-state index in [9.17, 15) is 4.79 Å². The van der Waals surface area contributed by atoms with Gasteiger partial charge >= 0.3 is 0 Å². The molecule has 1 aliphatic heterocycles. The van der Waals surface area contributed by atoms with Gasteiger partial charge in [-0.25, -0.2) is 0 Å². The molecule has 1 amide bonds. The summed E-state index contributed by atoms with van der Waals surface area (Å²) in [5.74, 6) is 1.38. The number of aryl methyl sites for hydroxylation is 1. The highest BCUT2D eigenvalue weighted by Gasteiger charge is 2.22. The first kappa shape index (κ1) is 15.0. The van der Waals surface area contributed by atoms with Crippen molar-refractivity contribution in [2.45, 2.75) is 24.3 Å². The van der Waals surface area contributed by atoms with Crippen molar-refractivity contribution >= 4 is 17.7 Å². The smallest absolute Gasteiger partial charge is 0.230 e. The highest BCUT2D eigenvalue weighted by molar-refractivity contribution is 8.00. The fourth-order valence-electron chi connectivity index (χ4n) is 2.59. The zero-order valence-corrected chi connectivity index (χ0v) is 13.4. The van der Waals surface area contributed by atoms with Crippen LogP contribution in [-0.2, 0) is 4.79 Å². The number of carbonyl (C=O) groups is 1. The minimum absolute atomic E-state index is 0.0509. The van der Waals surface area contributed by atoms with Crippen LogP contribution in [0.1, 0.15) is 23.6 Å². The average Bonchev–Trinajstić information content (AvgIpc) is 2.54. The Kier molecular flexibility index (Phi) is 4.68. The largest absolute Gasteiger partial charge is 0.493 e. The van der Waals surface area contributed by atoms with Crippen LogP contribution in [0.25, 0.3) is 0 Å². The second-order valence-corrected chi connectivity index (χ2v) is 6.37. The number of benzene rings is 2. The van der Waals surface area contributed by atoms with Crippen molar-refractivity contribution in [3.63, 3.8) is 0 Å². The van der Waals surface area contributed by atoms with Gasteiger partial charge in [-0.15, -0.1) is 11.8 Å². The third-order valence-electron chi connectivity index (χ3n) is 3.75. The quantitative estimate of drug-likeness (QED) is 0.874. The lowest BCUT2D eigenvalue weighted by atomic mass is 10.0. The normalized spacial score (nSPS) is 16.5. The van der Waals surface area contributed by atoms with Crippen LogP contribution < -0.4 is 10.1 Å². The van der Waals surface area contributed by atoms with Gasteiger partial charge in [0.05, 0.1) is 18.4 Å². The summed E-state index contributed by atoms with van der Waals surface area (Å²) in [5, 5.41) is 3.12. The molecule has 0 saturated heterocycles. The number of fused-ring (bicyclic) bond motifs is 1. The molecule has 22 heavy (non-hydrogen) atoms. The zero-order valence-electron chi connectivity index (χ0n) is 12.5. The lowest BCUT2D eigenvalue weighted by Crippen LogP contribution is -2.33. The van der Waals surface area contributed by atoms with Crippen LogP contribution in [0.15, 0.2) is 53.4 Å². The molecule has 0 spiro atoms. The molecule has 0 fully saturated rings. The molecule has 2 aromatic carbocycles. The molecule has 3 rings (SSSR count). The standard InChI is InChI=1S/C18H19NO2S/c1-13-6-2-5-9-17(13)22-12-18(20)19-15-10-11-21-16-8-4-3-7-14(15)16/h2-9,15H,10-12H2,1H3,(H,19,20)/t15-/m1/s1. The first-order valence-electron chi connectivity index (χ1n) is 7.43. The number of carbonyl (C=O) groups excluding carboxylic acids is 1. The lowest BCUT2D eigenvalue weighted by molar-refractivity contribution is -0.119. The van der Waals surface area contributed by atoms with Crippen molar-refractivity contribution in [1.29, 1.82) is 0 Å². The van der Waals surface area contributed by atoms with Crippen LogP contribution in [0.3, 0.4) is 0 Å². The molecule has 0 bridgehead atoms. The Morgan fingerprint density at radius 3 is 2.86 bits per heavy atom. The minimum Gasteiger partial charge on any atom is -0.493 e. The maximum Gasteiger partial charge on any atom is 0.230 e. The number of hydrogen-bond donors (Lipinski definition) is 1. The van der Waals surface area contributed by atoms with Gasteiger partial charge in [-0.3, -0.25) is 4.79 Å². The summed E-state index contributed by atoms with van der Waals surface area (Å²) in [4.78, 5) is 13.4. The molecule has 0 unspecified atom stereocenters. The van der Waals surface area contributed by atoms with E-state index in [-0.39, 0.29) is 11.9 Å². The Morgan fingerprint density at radius 1 is 1.23 bits per heavy atom. The molecule has 0 radical (unpaired) electrons. The molecular formula is C18H19NO2S. The first-order chi connectivity index (χ1) is 10.7.